The van der Waals surface area contributed by atoms with Crippen LogP contribution in [0.3, 0.4) is 0 Å². The summed E-state index contributed by atoms with van der Waals surface area (Å²) in [6.45, 7) is 3.40. The Morgan fingerprint density at radius 3 is 1.72 bits per heavy atom. The SMILES string of the molecule is CCOc1ccc(CCN)cc1.O=C(O)c1ccc(-c2ccccc2)cc1.O=Cc1cc(C(F)(F)F)cc(C(F)(F)F)c1. The van der Waals surface area contributed by atoms with Gasteiger partial charge in [-0.1, -0.05) is 54.6 Å². The topological polar surface area (TPSA) is 89.6 Å². The van der Waals surface area contributed by atoms with Crippen LogP contribution in [0.4, 0.5) is 26.3 Å². The summed E-state index contributed by atoms with van der Waals surface area (Å²) < 4.78 is 78.4. The molecule has 0 heterocycles. The number of hydrogen-bond acceptors (Lipinski definition) is 4. The molecular formula is C32H29F6NO4. The fraction of sp³-hybridized carbons (Fsp3) is 0.188. The Hall–Kier alpha value is -4.64. The Balaban J connectivity index is 0.000000227. The van der Waals surface area contributed by atoms with Crippen molar-refractivity contribution in [3.05, 3.63) is 125 Å². The number of aromatic carboxylic acids is 1. The van der Waals surface area contributed by atoms with E-state index in [-0.39, 0.29) is 12.4 Å². The summed E-state index contributed by atoms with van der Waals surface area (Å²) in [6, 6.07) is 25.5. The number of halogens is 6. The van der Waals surface area contributed by atoms with Crippen molar-refractivity contribution in [2.75, 3.05) is 13.2 Å². The van der Waals surface area contributed by atoms with Crippen molar-refractivity contribution < 1.29 is 45.8 Å². The highest BCUT2D eigenvalue weighted by Gasteiger charge is 2.36. The molecule has 0 fully saturated rings. The first-order valence-corrected chi connectivity index (χ1v) is 12.8. The molecule has 0 saturated carbocycles. The molecule has 0 bridgehead atoms. The Morgan fingerprint density at radius 2 is 1.30 bits per heavy atom. The van der Waals surface area contributed by atoms with Crippen LogP contribution >= 0.6 is 0 Å². The van der Waals surface area contributed by atoms with Gasteiger partial charge in [-0.15, -0.1) is 0 Å². The second-order valence-corrected chi connectivity index (χ2v) is 8.82. The van der Waals surface area contributed by atoms with Gasteiger partial charge in [-0.05, 0) is 79.0 Å². The molecule has 0 amide bonds. The van der Waals surface area contributed by atoms with E-state index < -0.39 is 35.0 Å². The van der Waals surface area contributed by atoms with Gasteiger partial charge in [0.25, 0.3) is 0 Å². The Bertz CT molecular complexity index is 1380. The number of carbonyl (C=O) groups excluding carboxylic acids is 1. The van der Waals surface area contributed by atoms with E-state index in [1.54, 1.807) is 12.1 Å². The predicted molar refractivity (Wildman–Crippen MR) is 151 cm³/mol. The van der Waals surface area contributed by atoms with E-state index in [4.69, 9.17) is 15.6 Å². The van der Waals surface area contributed by atoms with Gasteiger partial charge in [-0.3, -0.25) is 4.79 Å². The fourth-order valence-corrected chi connectivity index (χ4v) is 3.57. The van der Waals surface area contributed by atoms with E-state index in [2.05, 4.69) is 12.1 Å². The molecule has 3 N–H and O–H groups in total. The first-order valence-electron chi connectivity index (χ1n) is 12.8. The molecule has 43 heavy (non-hydrogen) atoms. The summed E-state index contributed by atoms with van der Waals surface area (Å²) in [5.74, 6) is 0.0351. The van der Waals surface area contributed by atoms with Crippen molar-refractivity contribution in [2.45, 2.75) is 25.7 Å². The minimum atomic E-state index is -4.92. The zero-order chi connectivity index (χ0) is 32.0. The number of alkyl halides is 6. The second kappa shape index (κ2) is 16.1. The van der Waals surface area contributed by atoms with Gasteiger partial charge in [0.15, 0.2) is 0 Å². The lowest BCUT2D eigenvalue weighted by atomic mass is 10.0. The molecular weight excluding hydrogens is 576 g/mol. The normalized spacial score (nSPS) is 10.9. The number of benzene rings is 4. The molecule has 11 heteroatoms. The van der Waals surface area contributed by atoms with Crippen LogP contribution in [0.5, 0.6) is 5.75 Å². The molecule has 0 saturated heterocycles. The molecule has 5 nitrogen and oxygen atoms in total. The monoisotopic (exact) mass is 605 g/mol. The van der Waals surface area contributed by atoms with Crippen LogP contribution in [-0.2, 0) is 18.8 Å². The summed E-state index contributed by atoms with van der Waals surface area (Å²) in [7, 11) is 0. The fourth-order valence-electron chi connectivity index (χ4n) is 3.57. The summed E-state index contributed by atoms with van der Waals surface area (Å²) in [5.41, 5.74) is 5.47. The Kier molecular flexibility index (Phi) is 13.0. The summed E-state index contributed by atoms with van der Waals surface area (Å²) in [6.07, 6.45) is -8.96. The molecule has 0 aliphatic heterocycles. The summed E-state index contributed by atoms with van der Waals surface area (Å²) >= 11 is 0. The minimum absolute atomic E-state index is 0.0347. The van der Waals surface area contributed by atoms with Gasteiger partial charge in [-0.2, -0.15) is 26.3 Å². The van der Waals surface area contributed by atoms with Gasteiger partial charge < -0.3 is 15.6 Å². The maximum absolute atomic E-state index is 12.2. The minimum Gasteiger partial charge on any atom is -0.494 e. The maximum Gasteiger partial charge on any atom is 0.416 e. The molecule has 228 valence electrons. The number of nitrogens with two attached hydrogens (primary N) is 1. The van der Waals surface area contributed by atoms with E-state index in [0.717, 1.165) is 29.9 Å². The molecule has 0 unspecified atom stereocenters. The average Bonchev–Trinajstić information content (AvgIpc) is 2.98. The van der Waals surface area contributed by atoms with Gasteiger partial charge in [0.05, 0.1) is 23.3 Å². The van der Waals surface area contributed by atoms with Crippen molar-refractivity contribution in [1.82, 2.24) is 0 Å². The van der Waals surface area contributed by atoms with Gasteiger partial charge in [0, 0.05) is 5.56 Å². The number of aldehydes is 1. The molecule has 4 rings (SSSR count). The van der Waals surface area contributed by atoms with Crippen LogP contribution in [0.1, 0.15) is 44.3 Å². The standard InChI is InChI=1S/C13H10O2.C10H15NO.C9H4F6O/c14-13(15)12-8-6-11(7-9-12)10-4-2-1-3-5-10;1-2-12-10-5-3-9(4-6-10)7-8-11;10-8(11,12)6-1-5(4-16)2-7(3-6)9(13,14)15/h1-9H,(H,14,15);3-6H,2,7-8,11H2,1H3;1-4H. The zero-order valence-electron chi connectivity index (χ0n) is 23.0. The highest BCUT2D eigenvalue weighted by atomic mass is 19.4. The van der Waals surface area contributed by atoms with Crippen molar-refractivity contribution >= 4 is 12.3 Å². The van der Waals surface area contributed by atoms with Gasteiger partial charge >= 0.3 is 18.3 Å². The summed E-state index contributed by atoms with van der Waals surface area (Å²) in [4.78, 5) is 20.9. The van der Waals surface area contributed by atoms with Gasteiger partial charge in [-0.25, -0.2) is 4.79 Å². The molecule has 4 aromatic carbocycles. The van der Waals surface area contributed by atoms with E-state index in [9.17, 15) is 35.9 Å². The van der Waals surface area contributed by atoms with Gasteiger partial charge in [0.1, 0.15) is 12.0 Å². The van der Waals surface area contributed by atoms with E-state index in [1.807, 2.05) is 61.5 Å². The molecule has 0 atom stereocenters. The van der Waals surface area contributed by atoms with E-state index in [1.165, 1.54) is 5.56 Å². The highest BCUT2D eigenvalue weighted by Crippen LogP contribution is 2.36. The smallest absolute Gasteiger partial charge is 0.416 e. The number of hydrogen-bond donors (Lipinski definition) is 2. The molecule has 0 aliphatic carbocycles. The largest absolute Gasteiger partial charge is 0.494 e. The van der Waals surface area contributed by atoms with Crippen LogP contribution in [0.15, 0.2) is 97.1 Å². The van der Waals surface area contributed by atoms with Crippen LogP contribution < -0.4 is 10.5 Å². The third-order valence-corrected chi connectivity index (χ3v) is 5.65. The van der Waals surface area contributed by atoms with Gasteiger partial charge in [0.2, 0.25) is 0 Å². The Labute approximate surface area is 244 Å². The third kappa shape index (κ3) is 11.6. The van der Waals surface area contributed by atoms with Crippen LogP contribution in [0.25, 0.3) is 11.1 Å². The first kappa shape index (κ1) is 34.6. The molecule has 0 aliphatic rings. The number of carboxylic acid groups (broad SMARTS) is 1. The van der Waals surface area contributed by atoms with E-state index in [0.29, 0.717) is 24.2 Å². The van der Waals surface area contributed by atoms with E-state index >= 15 is 0 Å². The quantitative estimate of drug-likeness (QED) is 0.164. The maximum atomic E-state index is 12.2. The lowest BCUT2D eigenvalue weighted by molar-refractivity contribution is -0.143. The number of rotatable bonds is 7. The second-order valence-electron chi connectivity index (χ2n) is 8.82. The van der Waals surface area contributed by atoms with Crippen molar-refractivity contribution in [3.63, 3.8) is 0 Å². The lowest BCUT2D eigenvalue weighted by Crippen LogP contribution is -2.11. The Morgan fingerprint density at radius 1 is 0.791 bits per heavy atom. The number of ether oxygens (including phenoxy) is 1. The zero-order valence-corrected chi connectivity index (χ0v) is 23.0. The van der Waals surface area contributed by atoms with Crippen molar-refractivity contribution in [2.24, 2.45) is 5.73 Å². The van der Waals surface area contributed by atoms with Crippen LogP contribution in [-0.4, -0.2) is 30.5 Å². The summed E-state index contributed by atoms with van der Waals surface area (Å²) in [5, 5.41) is 8.75. The average molecular weight is 606 g/mol. The predicted octanol–water partition coefficient (Wildman–Crippen LogP) is 8.18. The lowest BCUT2D eigenvalue weighted by Gasteiger charge is -2.12. The molecule has 0 spiro atoms. The first-order chi connectivity index (χ1) is 20.3. The molecule has 4 aromatic rings. The van der Waals surface area contributed by atoms with Crippen molar-refractivity contribution in [1.29, 1.82) is 0 Å². The van der Waals surface area contributed by atoms with Crippen LogP contribution in [0.2, 0.25) is 0 Å². The number of carboxylic acids is 1. The molecule has 0 radical (unpaired) electrons. The van der Waals surface area contributed by atoms with Crippen molar-refractivity contribution in [3.8, 4) is 16.9 Å². The number of carbonyl (C=O) groups is 2. The molecule has 0 aromatic heterocycles. The third-order valence-electron chi connectivity index (χ3n) is 5.65. The highest BCUT2D eigenvalue weighted by molar-refractivity contribution is 5.88. The van der Waals surface area contributed by atoms with Crippen LogP contribution in [0, 0.1) is 0 Å².